The monoisotopic (exact) mass is 226 g/mol. The van der Waals surface area contributed by atoms with Crippen molar-refractivity contribution in [2.24, 2.45) is 0 Å². The summed E-state index contributed by atoms with van der Waals surface area (Å²) in [6.07, 6.45) is 2.57. The number of ether oxygens (including phenoxy) is 1. The smallest absolute Gasteiger partial charge is 0.0735 e. The molecule has 1 N–H and O–H groups in total. The number of aliphatic hydroxyl groups is 1. The van der Waals surface area contributed by atoms with E-state index >= 15 is 0 Å². The second-order valence-electron chi connectivity index (χ2n) is 3.99. The lowest BCUT2D eigenvalue weighted by Gasteiger charge is -2.11. The van der Waals surface area contributed by atoms with Crippen LogP contribution in [-0.2, 0) is 11.3 Å². The van der Waals surface area contributed by atoms with Crippen molar-refractivity contribution in [3.05, 3.63) is 34.9 Å². The first-order valence-corrected chi connectivity index (χ1v) is 5.66. The van der Waals surface area contributed by atoms with Gasteiger partial charge in [-0.3, -0.25) is 0 Å². The van der Waals surface area contributed by atoms with E-state index in [2.05, 4.69) is 0 Å². The van der Waals surface area contributed by atoms with Crippen LogP contribution in [0.25, 0.3) is 0 Å². The molecule has 0 heterocycles. The standard InChI is InChI=1S/C12H15ClO2/c13-12-4-2-1-3-9(12)8-15-11-6-5-10(14)7-11/h1-4,10-11,14H,5-8H2/t10-,11-/m0/s1. The molecule has 0 spiro atoms. The number of aliphatic hydroxyl groups excluding tert-OH is 1. The first kappa shape index (κ1) is 10.9. The molecule has 1 aromatic rings. The van der Waals surface area contributed by atoms with Gasteiger partial charge in [-0.15, -0.1) is 0 Å². The van der Waals surface area contributed by atoms with Crippen molar-refractivity contribution in [2.75, 3.05) is 0 Å². The maximum absolute atomic E-state index is 9.35. The number of rotatable bonds is 3. The largest absolute Gasteiger partial charge is 0.393 e. The van der Waals surface area contributed by atoms with Crippen molar-refractivity contribution < 1.29 is 9.84 Å². The van der Waals surface area contributed by atoms with E-state index in [9.17, 15) is 5.11 Å². The topological polar surface area (TPSA) is 29.5 Å². The molecule has 15 heavy (non-hydrogen) atoms. The van der Waals surface area contributed by atoms with E-state index in [4.69, 9.17) is 16.3 Å². The number of benzene rings is 1. The van der Waals surface area contributed by atoms with Crippen LogP contribution in [0.2, 0.25) is 5.02 Å². The van der Waals surface area contributed by atoms with E-state index in [1.807, 2.05) is 24.3 Å². The van der Waals surface area contributed by atoms with Gasteiger partial charge >= 0.3 is 0 Å². The summed E-state index contributed by atoms with van der Waals surface area (Å²) in [5.74, 6) is 0. The van der Waals surface area contributed by atoms with Gasteiger partial charge in [-0.2, -0.15) is 0 Å². The summed E-state index contributed by atoms with van der Waals surface area (Å²) < 4.78 is 5.70. The van der Waals surface area contributed by atoms with Gasteiger partial charge in [0.25, 0.3) is 0 Å². The van der Waals surface area contributed by atoms with Crippen LogP contribution >= 0.6 is 11.6 Å². The molecule has 2 nitrogen and oxygen atoms in total. The summed E-state index contributed by atoms with van der Waals surface area (Å²) >= 11 is 6.01. The SMILES string of the molecule is O[C@H]1CC[C@H](OCc2ccccc2Cl)C1. The lowest BCUT2D eigenvalue weighted by atomic mass is 10.2. The summed E-state index contributed by atoms with van der Waals surface area (Å²) in [5.41, 5.74) is 1.01. The molecule has 1 fully saturated rings. The van der Waals surface area contributed by atoms with Crippen LogP contribution in [0.1, 0.15) is 24.8 Å². The van der Waals surface area contributed by atoms with Crippen LogP contribution in [0.3, 0.4) is 0 Å². The molecule has 0 saturated heterocycles. The summed E-state index contributed by atoms with van der Waals surface area (Å²) in [4.78, 5) is 0. The number of hydrogen-bond acceptors (Lipinski definition) is 2. The molecule has 2 rings (SSSR count). The molecule has 1 aliphatic carbocycles. The molecule has 0 unspecified atom stereocenters. The molecule has 1 saturated carbocycles. The molecule has 0 aliphatic heterocycles. The molecule has 3 heteroatoms. The maximum atomic E-state index is 9.35. The third-order valence-electron chi connectivity index (χ3n) is 2.79. The quantitative estimate of drug-likeness (QED) is 0.859. The number of hydrogen-bond donors (Lipinski definition) is 1. The molecule has 0 radical (unpaired) electrons. The van der Waals surface area contributed by atoms with Crippen molar-refractivity contribution >= 4 is 11.6 Å². The van der Waals surface area contributed by atoms with Crippen LogP contribution in [-0.4, -0.2) is 17.3 Å². The van der Waals surface area contributed by atoms with E-state index in [0.717, 1.165) is 29.8 Å². The highest BCUT2D eigenvalue weighted by Crippen LogP contribution is 2.24. The van der Waals surface area contributed by atoms with E-state index in [-0.39, 0.29) is 12.2 Å². The minimum Gasteiger partial charge on any atom is -0.393 e. The van der Waals surface area contributed by atoms with Gasteiger partial charge in [-0.25, -0.2) is 0 Å². The zero-order chi connectivity index (χ0) is 10.7. The Kier molecular flexibility index (Phi) is 3.62. The first-order valence-electron chi connectivity index (χ1n) is 5.29. The van der Waals surface area contributed by atoms with Gasteiger partial charge < -0.3 is 9.84 Å². The van der Waals surface area contributed by atoms with Gasteiger partial charge in [0.1, 0.15) is 0 Å². The second-order valence-corrected chi connectivity index (χ2v) is 4.40. The Labute approximate surface area is 94.8 Å². The van der Waals surface area contributed by atoms with Crippen LogP contribution in [0, 0.1) is 0 Å². The van der Waals surface area contributed by atoms with Gasteiger partial charge in [0, 0.05) is 5.02 Å². The fourth-order valence-electron chi connectivity index (χ4n) is 1.89. The maximum Gasteiger partial charge on any atom is 0.0735 e. The number of halogens is 1. The van der Waals surface area contributed by atoms with E-state index < -0.39 is 0 Å². The Bertz CT molecular complexity index is 327. The van der Waals surface area contributed by atoms with Crippen molar-refractivity contribution in [2.45, 2.75) is 38.1 Å². The highest BCUT2D eigenvalue weighted by Gasteiger charge is 2.23. The summed E-state index contributed by atoms with van der Waals surface area (Å²) in [5, 5.41) is 10.1. The minimum atomic E-state index is -0.179. The average Bonchev–Trinajstić information content (AvgIpc) is 2.63. The van der Waals surface area contributed by atoms with Gasteiger partial charge in [-0.1, -0.05) is 29.8 Å². The predicted octanol–water partition coefficient (Wildman–Crippen LogP) is 2.77. The van der Waals surface area contributed by atoms with E-state index in [0.29, 0.717) is 6.61 Å². The first-order chi connectivity index (χ1) is 7.25. The molecule has 0 amide bonds. The predicted molar refractivity (Wildman–Crippen MR) is 59.9 cm³/mol. The van der Waals surface area contributed by atoms with E-state index in [1.165, 1.54) is 0 Å². The zero-order valence-corrected chi connectivity index (χ0v) is 9.28. The zero-order valence-electron chi connectivity index (χ0n) is 8.53. The van der Waals surface area contributed by atoms with Gasteiger partial charge in [0.2, 0.25) is 0 Å². The van der Waals surface area contributed by atoms with Gasteiger partial charge in [-0.05, 0) is 30.9 Å². The average molecular weight is 227 g/mol. The Morgan fingerprint density at radius 3 is 2.80 bits per heavy atom. The molecular formula is C12H15ClO2. The van der Waals surface area contributed by atoms with Gasteiger partial charge in [0.15, 0.2) is 0 Å². The normalized spacial score (nSPS) is 25.7. The van der Waals surface area contributed by atoms with Crippen molar-refractivity contribution in [3.63, 3.8) is 0 Å². The molecule has 82 valence electrons. The molecule has 0 bridgehead atoms. The molecule has 2 atom stereocenters. The lowest BCUT2D eigenvalue weighted by molar-refractivity contribution is 0.0357. The Hall–Kier alpha value is -0.570. The lowest BCUT2D eigenvalue weighted by Crippen LogP contribution is -2.10. The van der Waals surface area contributed by atoms with Crippen LogP contribution in [0.5, 0.6) is 0 Å². The molecule has 1 aliphatic rings. The Balaban J connectivity index is 1.86. The summed E-state index contributed by atoms with van der Waals surface area (Å²) in [6.45, 7) is 0.539. The highest BCUT2D eigenvalue weighted by atomic mass is 35.5. The van der Waals surface area contributed by atoms with Crippen LogP contribution < -0.4 is 0 Å². The van der Waals surface area contributed by atoms with Crippen LogP contribution in [0.15, 0.2) is 24.3 Å². The summed E-state index contributed by atoms with van der Waals surface area (Å²) in [7, 11) is 0. The minimum absolute atomic E-state index is 0.179. The van der Waals surface area contributed by atoms with Gasteiger partial charge in [0.05, 0.1) is 18.8 Å². The Morgan fingerprint density at radius 1 is 1.33 bits per heavy atom. The van der Waals surface area contributed by atoms with Crippen molar-refractivity contribution in [1.82, 2.24) is 0 Å². The van der Waals surface area contributed by atoms with Crippen LogP contribution in [0.4, 0.5) is 0 Å². The molecule has 1 aromatic carbocycles. The fraction of sp³-hybridized carbons (Fsp3) is 0.500. The third kappa shape index (κ3) is 2.94. The molecular weight excluding hydrogens is 212 g/mol. The fourth-order valence-corrected chi connectivity index (χ4v) is 2.08. The van der Waals surface area contributed by atoms with E-state index in [1.54, 1.807) is 0 Å². The van der Waals surface area contributed by atoms with Crippen molar-refractivity contribution in [3.8, 4) is 0 Å². The highest BCUT2D eigenvalue weighted by molar-refractivity contribution is 6.31. The Morgan fingerprint density at radius 2 is 2.13 bits per heavy atom. The molecule has 0 aromatic heterocycles. The second kappa shape index (κ2) is 4.97. The third-order valence-corrected chi connectivity index (χ3v) is 3.16. The summed E-state index contributed by atoms with van der Waals surface area (Å²) in [6, 6.07) is 7.69. The van der Waals surface area contributed by atoms with Crippen molar-refractivity contribution in [1.29, 1.82) is 0 Å².